The smallest absolute Gasteiger partial charge is 0.252 e. The molecule has 0 spiro atoms. The zero-order valence-corrected chi connectivity index (χ0v) is 19.1. The van der Waals surface area contributed by atoms with E-state index in [1.807, 2.05) is 30.3 Å². The highest BCUT2D eigenvalue weighted by Gasteiger charge is 2.24. The predicted molar refractivity (Wildman–Crippen MR) is 135 cm³/mol. The van der Waals surface area contributed by atoms with Crippen LogP contribution in [0, 0.1) is 0 Å². The number of amides is 1. The van der Waals surface area contributed by atoms with Crippen molar-refractivity contribution < 1.29 is 4.79 Å². The Hall–Kier alpha value is -3.67. The van der Waals surface area contributed by atoms with E-state index in [0.717, 1.165) is 59.0 Å². The molecule has 5 rings (SSSR count). The molecule has 2 heterocycles. The number of benzene rings is 2. The van der Waals surface area contributed by atoms with E-state index >= 15 is 0 Å². The molecule has 6 heteroatoms. The van der Waals surface area contributed by atoms with Crippen LogP contribution in [-0.2, 0) is 0 Å². The molecule has 4 aromatic rings. The average Bonchev–Trinajstić information content (AvgIpc) is 2.84. The molecule has 1 amide bonds. The number of nitrogens with one attached hydrogen (secondary N) is 2. The minimum Gasteiger partial charge on any atom is -0.377 e. The van der Waals surface area contributed by atoms with Crippen molar-refractivity contribution >= 4 is 39.2 Å². The number of anilines is 2. The zero-order chi connectivity index (χ0) is 22.8. The average molecular weight is 440 g/mol. The zero-order valence-electron chi connectivity index (χ0n) is 19.1. The fourth-order valence-electron chi connectivity index (χ4n) is 4.75. The van der Waals surface area contributed by atoms with Crippen LogP contribution in [0.25, 0.3) is 21.8 Å². The molecular weight excluding hydrogens is 410 g/mol. The van der Waals surface area contributed by atoms with E-state index in [1.165, 1.54) is 0 Å². The minimum absolute atomic E-state index is 0.0168. The van der Waals surface area contributed by atoms with Gasteiger partial charge in [-0.2, -0.15) is 0 Å². The van der Waals surface area contributed by atoms with E-state index in [-0.39, 0.29) is 11.9 Å². The molecule has 0 saturated heterocycles. The van der Waals surface area contributed by atoms with E-state index in [0.29, 0.717) is 11.6 Å². The molecule has 0 atom stereocenters. The van der Waals surface area contributed by atoms with Gasteiger partial charge in [-0.15, -0.1) is 0 Å². The van der Waals surface area contributed by atoms with Crippen LogP contribution in [0.4, 0.5) is 11.5 Å². The molecule has 168 valence electrons. The van der Waals surface area contributed by atoms with Gasteiger partial charge in [0.15, 0.2) is 0 Å². The van der Waals surface area contributed by atoms with Crippen molar-refractivity contribution in [3.8, 4) is 0 Å². The lowest BCUT2D eigenvalue weighted by molar-refractivity contribution is 0.0928. The highest BCUT2D eigenvalue weighted by molar-refractivity contribution is 6.06. The summed E-state index contributed by atoms with van der Waals surface area (Å²) in [5, 5.41) is 8.93. The first-order valence-corrected chi connectivity index (χ1v) is 11.6. The van der Waals surface area contributed by atoms with Crippen molar-refractivity contribution in [2.75, 3.05) is 24.3 Å². The van der Waals surface area contributed by atoms with Crippen molar-refractivity contribution in [2.45, 2.75) is 37.8 Å². The molecule has 2 aromatic heterocycles. The summed E-state index contributed by atoms with van der Waals surface area (Å²) in [4.78, 5) is 24.3. The van der Waals surface area contributed by atoms with Gasteiger partial charge in [0.1, 0.15) is 5.82 Å². The molecule has 1 aliphatic rings. The largest absolute Gasteiger partial charge is 0.377 e. The quantitative estimate of drug-likeness (QED) is 0.458. The van der Waals surface area contributed by atoms with Crippen LogP contribution in [-0.4, -0.2) is 42.1 Å². The number of hydrogen-bond donors (Lipinski definition) is 2. The van der Waals surface area contributed by atoms with E-state index in [4.69, 9.17) is 4.98 Å². The first-order chi connectivity index (χ1) is 16.1. The lowest BCUT2D eigenvalue weighted by atomic mass is 9.91. The molecule has 0 radical (unpaired) electrons. The third-order valence-corrected chi connectivity index (χ3v) is 6.48. The Bertz CT molecular complexity index is 1290. The Morgan fingerprint density at radius 2 is 1.55 bits per heavy atom. The summed E-state index contributed by atoms with van der Waals surface area (Å²) in [7, 11) is 4.12. The molecule has 0 aliphatic heterocycles. The van der Waals surface area contributed by atoms with Crippen molar-refractivity contribution in [1.29, 1.82) is 0 Å². The SMILES string of the molecule is CN(C)c1cc(N[C@H]2CC[C@@H](NC(=O)c3ccnc4ccccc34)CC2)nc2ccccc12. The second-order valence-electron chi connectivity index (χ2n) is 8.98. The second-order valence-corrected chi connectivity index (χ2v) is 8.98. The summed E-state index contributed by atoms with van der Waals surface area (Å²) in [6.45, 7) is 0. The predicted octanol–water partition coefficient (Wildman–Crippen LogP) is 5.00. The van der Waals surface area contributed by atoms with Gasteiger partial charge in [-0.05, 0) is 43.9 Å². The number of rotatable bonds is 5. The number of aromatic nitrogens is 2. The molecule has 0 unspecified atom stereocenters. The van der Waals surface area contributed by atoms with Crippen molar-refractivity contribution in [1.82, 2.24) is 15.3 Å². The first-order valence-electron chi connectivity index (χ1n) is 11.6. The third kappa shape index (κ3) is 4.46. The molecule has 0 bridgehead atoms. The maximum atomic E-state index is 13.0. The summed E-state index contributed by atoms with van der Waals surface area (Å²) in [5.74, 6) is 0.893. The summed E-state index contributed by atoms with van der Waals surface area (Å²) in [6, 6.07) is 20.5. The van der Waals surface area contributed by atoms with Gasteiger partial charge in [-0.25, -0.2) is 4.98 Å². The molecule has 6 nitrogen and oxygen atoms in total. The molecule has 2 N–H and O–H groups in total. The maximum Gasteiger partial charge on any atom is 0.252 e. The standard InChI is InChI=1S/C27H29N5O/c1-32(2)25-17-26(31-24-10-6-4-8-22(24)25)29-18-11-13-19(14-12-18)30-27(33)21-15-16-28-23-9-5-3-7-20(21)23/h3-10,15-19H,11-14H2,1-2H3,(H,29,31)(H,30,33)/t18-,19+. The van der Waals surface area contributed by atoms with Gasteiger partial charge in [0.2, 0.25) is 0 Å². The molecule has 1 saturated carbocycles. The number of carbonyl (C=O) groups is 1. The Labute approximate surface area is 194 Å². The summed E-state index contributed by atoms with van der Waals surface area (Å²) in [6.07, 6.45) is 5.58. The summed E-state index contributed by atoms with van der Waals surface area (Å²) in [5.41, 5.74) is 3.70. The number of hydrogen-bond acceptors (Lipinski definition) is 5. The van der Waals surface area contributed by atoms with Crippen LogP contribution in [0.2, 0.25) is 0 Å². The van der Waals surface area contributed by atoms with Gasteiger partial charge in [-0.1, -0.05) is 36.4 Å². The Kier molecular flexibility index (Phi) is 5.82. The lowest BCUT2D eigenvalue weighted by Gasteiger charge is -2.30. The third-order valence-electron chi connectivity index (χ3n) is 6.48. The highest BCUT2D eigenvalue weighted by Crippen LogP contribution is 2.29. The summed E-state index contributed by atoms with van der Waals surface area (Å²) >= 11 is 0. The van der Waals surface area contributed by atoms with Gasteiger partial charge in [0, 0.05) is 54.9 Å². The second kappa shape index (κ2) is 9.06. The molecule has 33 heavy (non-hydrogen) atoms. The fourth-order valence-corrected chi connectivity index (χ4v) is 4.75. The van der Waals surface area contributed by atoms with Crippen LogP contribution < -0.4 is 15.5 Å². The van der Waals surface area contributed by atoms with Gasteiger partial charge in [0.05, 0.1) is 16.6 Å². The minimum atomic E-state index is -0.0168. The number of carbonyl (C=O) groups excluding carboxylic acids is 1. The van der Waals surface area contributed by atoms with Gasteiger partial charge in [-0.3, -0.25) is 9.78 Å². The maximum absolute atomic E-state index is 13.0. The van der Waals surface area contributed by atoms with E-state index in [9.17, 15) is 4.79 Å². The molecular formula is C27H29N5O. The number of pyridine rings is 2. The number of fused-ring (bicyclic) bond motifs is 2. The normalized spacial score (nSPS) is 18.2. The van der Waals surface area contributed by atoms with Crippen LogP contribution in [0.5, 0.6) is 0 Å². The summed E-state index contributed by atoms with van der Waals surface area (Å²) < 4.78 is 0. The lowest BCUT2D eigenvalue weighted by Crippen LogP contribution is -2.40. The van der Waals surface area contributed by atoms with E-state index in [2.05, 4.69) is 58.9 Å². The molecule has 1 fully saturated rings. The van der Waals surface area contributed by atoms with Crippen LogP contribution in [0.3, 0.4) is 0 Å². The first kappa shape index (κ1) is 21.2. The van der Waals surface area contributed by atoms with Gasteiger partial charge < -0.3 is 15.5 Å². The fraction of sp³-hybridized carbons (Fsp3) is 0.296. The van der Waals surface area contributed by atoms with Gasteiger partial charge in [0.25, 0.3) is 5.91 Å². The number of para-hydroxylation sites is 2. The van der Waals surface area contributed by atoms with Gasteiger partial charge >= 0.3 is 0 Å². The Balaban J connectivity index is 1.23. The van der Waals surface area contributed by atoms with Crippen LogP contribution in [0.15, 0.2) is 66.9 Å². The Morgan fingerprint density at radius 3 is 2.30 bits per heavy atom. The topological polar surface area (TPSA) is 70.2 Å². The molecule has 1 aliphatic carbocycles. The van der Waals surface area contributed by atoms with Crippen molar-refractivity contribution in [3.63, 3.8) is 0 Å². The van der Waals surface area contributed by atoms with Crippen LogP contribution >= 0.6 is 0 Å². The van der Waals surface area contributed by atoms with E-state index in [1.54, 1.807) is 12.3 Å². The van der Waals surface area contributed by atoms with Crippen LogP contribution in [0.1, 0.15) is 36.0 Å². The molecule has 2 aromatic carbocycles. The van der Waals surface area contributed by atoms with E-state index < -0.39 is 0 Å². The number of nitrogens with zero attached hydrogens (tertiary/aromatic N) is 3. The van der Waals surface area contributed by atoms with Crippen molar-refractivity contribution in [2.24, 2.45) is 0 Å². The Morgan fingerprint density at radius 1 is 0.879 bits per heavy atom. The van der Waals surface area contributed by atoms with Crippen molar-refractivity contribution in [3.05, 3.63) is 72.4 Å². The highest BCUT2D eigenvalue weighted by atomic mass is 16.1. The monoisotopic (exact) mass is 439 g/mol.